The van der Waals surface area contributed by atoms with Crippen molar-refractivity contribution in [3.63, 3.8) is 0 Å². The molecule has 0 radical (unpaired) electrons. The first-order valence-corrected chi connectivity index (χ1v) is 5.86. The van der Waals surface area contributed by atoms with Crippen LogP contribution in [0.2, 0.25) is 0 Å². The second-order valence-electron chi connectivity index (χ2n) is 3.26. The summed E-state index contributed by atoms with van der Waals surface area (Å²) in [6, 6.07) is 5.48. The minimum Gasteiger partial charge on any atom is -0.314 e. The Morgan fingerprint density at radius 3 is 2.43 bits per heavy atom. The number of sulfone groups is 1. The van der Waals surface area contributed by atoms with E-state index in [1.165, 1.54) is 24.3 Å². The molecule has 0 atom stereocenters. The number of hydrogen-bond donors (Lipinski definition) is 1. The van der Waals surface area contributed by atoms with Crippen LogP contribution in [0.15, 0.2) is 29.2 Å². The van der Waals surface area contributed by atoms with Gasteiger partial charge >= 0.3 is 0 Å². The van der Waals surface area contributed by atoms with Gasteiger partial charge in [-0.25, -0.2) is 12.8 Å². The zero-order valence-corrected chi connectivity index (χ0v) is 8.22. The molecule has 1 aliphatic rings. The van der Waals surface area contributed by atoms with Crippen LogP contribution in [0.5, 0.6) is 0 Å². The first-order chi connectivity index (χ1) is 6.62. The Labute approximate surface area is 81.9 Å². The van der Waals surface area contributed by atoms with E-state index in [-0.39, 0.29) is 4.90 Å². The van der Waals surface area contributed by atoms with Crippen LogP contribution in [0.3, 0.4) is 0 Å². The van der Waals surface area contributed by atoms with Crippen LogP contribution in [-0.4, -0.2) is 26.8 Å². The zero-order chi connectivity index (χ0) is 10.2. The van der Waals surface area contributed by atoms with E-state index in [2.05, 4.69) is 5.32 Å². The molecule has 1 saturated heterocycles. The Balaban J connectivity index is 2.43. The zero-order valence-electron chi connectivity index (χ0n) is 7.40. The molecule has 0 spiro atoms. The van der Waals surface area contributed by atoms with E-state index < -0.39 is 20.9 Å². The van der Waals surface area contributed by atoms with Crippen molar-refractivity contribution >= 4 is 9.84 Å². The second kappa shape index (κ2) is 3.33. The maximum Gasteiger partial charge on any atom is 0.186 e. The van der Waals surface area contributed by atoms with E-state index in [1.807, 2.05) is 0 Å². The van der Waals surface area contributed by atoms with Crippen molar-refractivity contribution in [1.29, 1.82) is 0 Å². The van der Waals surface area contributed by atoms with Crippen molar-refractivity contribution < 1.29 is 12.8 Å². The van der Waals surface area contributed by atoms with Crippen LogP contribution in [-0.2, 0) is 9.84 Å². The van der Waals surface area contributed by atoms with Gasteiger partial charge in [0.05, 0.1) is 5.25 Å². The van der Waals surface area contributed by atoms with Crippen molar-refractivity contribution in [3.8, 4) is 0 Å². The largest absolute Gasteiger partial charge is 0.314 e. The summed E-state index contributed by atoms with van der Waals surface area (Å²) in [5, 5.41) is 2.38. The van der Waals surface area contributed by atoms with Gasteiger partial charge in [-0.15, -0.1) is 0 Å². The summed E-state index contributed by atoms with van der Waals surface area (Å²) in [5.41, 5.74) is 0. The fraction of sp³-hybridized carbons (Fsp3) is 0.333. The summed E-state index contributed by atoms with van der Waals surface area (Å²) in [4.78, 5) is -0.188. The third-order valence-electron chi connectivity index (χ3n) is 2.33. The summed E-state index contributed by atoms with van der Waals surface area (Å²) in [6.45, 7) is 0.827. The first-order valence-electron chi connectivity index (χ1n) is 4.31. The maximum absolute atomic E-state index is 13.2. The molecule has 1 N–H and O–H groups in total. The van der Waals surface area contributed by atoms with Crippen molar-refractivity contribution in [1.82, 2.24) is 5.32 Å². The molecule has 0 saturated carbocycles. The molecule has 0 unspecified atom stereocenters. The topological polar surface area (TPSA) is 46.2 Å². The molecule has 0 aliphatic carbocycles. The van der Waals surface area contributed by atoms with Gasteiger partial charge in [0.2, 0.25) is 0 Å². The lowest BCUT2D eigenvalue weighted by atomic mass is 10.3. The number of rotatable bonds is 2. The van der Waals surface area contributed by atoms with Crippen molar-refractivity contribution in [2.24, 2.45) is 0 Å². The summed E-state index contributed by atoms with van der Waals surface area (Å²) in [6.07, 6.45) is 0. The van der Waals surface area contributed by atoms with Gasteiger partial charge in [-0.2, -0.15) is 0 Å². The highest BCUT2D eigenvalue weighted by atomic mass is 32.2. The average Bonchev–Trinajstić information content (AvgIpc) is 2.00. The molecule has 1 aliphatic heterocycles. The van der Waals surface area contributed by atoms with Crippen LogP contribution in [0.1, 0.15) is 0 Å². The minimum atomic E-state index is -3.47. The molecule has 2 rings (SSSR count). The SMILES string of the molecule is O=S(=O)(c1ccccc1F)C1CNC1. The summed E-state index contributed by atoms with van der Waals surface area (Å²) in [5.74, 6) is -0.667. The lowest BCUT2D eigenvalue weighted by molar-refractivity contribution is 0.489. The van der Waals surface area contributed by atoms with E-state index >= 15 is 0 Å². The third-order valence-corrected chi connectivity index (χ3v) is 4.48. The van der Waals surface area contributed by atoms with E-state index in [0.717, 1.165) is 0 Å². The molecule has 5 heteroatoms. The minimum absolute atomic E-state index is 0.188. The van der Waals surface area contributed by atoms with Crippen LogP contribution < -0.4 is 5.32 Å². The highest BCUT2D eigenvalue weighted by Gasteiger charge is 2.33. The first kappa shape index (κ1) is 9.61. The van der Waals surface area contributed by atoms with Crippen LogP contribution in [0.25, 0.3) is 0 Å². The molecule has 1 aromatic carbocycles. The highest BCUT2D eigenvalue weighted by Crippen LogP contribution is 2.21. The molecule has 1 aromatic rings. The molecule has 14 heavy (non-hydrogen) atoms. The molecule has 1 fully saturated rings. The van der Waals surface area contributed by atoms with Gasteiger partial charge in [0.1, 0.15) is 10.7 Å². The van der Waals surface area contributed by atoms with Crippen molar-refractivity contribution in [3.05, 3.63) is 30.1 Å². The summed E-state index contributed by atoms with van der Waals surface area (Å²) >= 11 is 0. The molecule has 0 bridgehead atoms. The normalized spacial score (nSPS) is 17.8. The quantitative estimate of drug-likeness (QED) is 0.784. The summed E-state index contributed by atoms with van der Waals surface area (Å²) < 4.78 is 36.7. The lowest BCUT2D eigenvalue weighted by Crippen LogP contribution is -2.51. The number of benzene rings is 1. The van der Waals surface area contributed by atoms with Gasteiger partial charge in [0.25, 0.3) is 0 Å². The monoisotopic (exact) mass is 215 g/mol. The Morgan fingerprint density at radius 1 is 1.29 bits per heavy atom. The van der Waals surface area contributed by atoms with Crippen molar-refractivity contribution in [2.75, 3.05) is 13.1 Å². The van der Waals surface area contributed by atoms with Gasteiger partial charge < -0.3 is 5.32 Å². The number of halogens is 1. The van der Waals surface area contributed by atoms with Crippen LogP contribution >= 0.6 is 0 Å². The third kappa shape index (κ3) is 1.42. The fourth-order valence-corrected chi connectivity index (χ4v) is 2.98. The molecule has 0 amide bonds. The van der Waals surface area contributed by atoms with E-state index in [4.69, 9.17) is 0 Å². The van der Waals surface area contributed by atoms with Crippen molar-refractivity contribution in [2.45, 2.75) is 10.1 Å². The molecular formula is C9H10FNO2S. The van der Waals surface area contributed by atoms with Crippen LogP contribution in [0.4, 0.5) is 4.39 Å². The maximum atomic E-state index is 13.2. The average molecular weight is 215 g/mol. The molecule has 3 nitrogen and oxygen atoms in total. The van der Waals surface area contributed by atoms with Gasteiger partial charge in [0, 0.05) is 13.1 Å². The number of hydrogen-bond acceptors (Lipinski definition) is 3. The predicted molar refractivity (Wildman–Crippen MR) is 50.2 cm³/mol. The molecule has 1 heterocycles. The number of nitrogens with one attached hydrogen (secondary N) is 1. The predicted octanol–water partition coefficient (Wildman–Crippen LogP) is 0.571. The van der Waals surface area contributed by atoms with Gasteiger partial charge in [-0.1, -0.05) is 12.1 Å². The van der Waals surface area contributed by atoms with E-state index in [0.29, 0.717) is 13.1 Å². The standard InChI is InChI=1S/C9H10FNO2S/c10-8-3-1-2-4-9(8)14(12,13)7-5-11-6-7/h1-4,7,11H,5-6H2. The second-order valence-corrected chi connectivity index (χ2v) is 5.45. The Morgan fingerprint density at radius 2 is 1.93 bits per heavy atom. The molecule has 76 valence electrons. The van der Waals surface area contributed by atoms with E-state index in [9.17, 15) is 12.8 Å². The Kier molecular flexibility index (Phi) is 2.28. The highest BCUT2D eigenvalue weighted by molar-refractivity contribution is 7.92. The smallest absolute Gasteiger partial charge is 0.186 e. The lowest BCUT2D eigenvalue weighted by Gasteiger charge is -2.26. The van der Waals surface area contributed by atoms with Gasteiger partial charge in [-0.3, -0.25) is 0 Å². The Bertz CT molecular complexity index is 440. The van der Waals surface area contributed by atoms with Crippen LogP contribution in [0, 0.1) is 5.82 Å². The fourth-order valence-electron chi connectivity index (χ4n) is 1.34. The molecule has 0 aromatic heterocycles. The Hall–Kier alpha value is -0.940. The van der Waals surface area contributed by atoms with Gasteiger partial charge in [0.15, 0.2) is 9.84 Å². The molecular weight excluding hydrogens is 205 g/mol. The summed E-state index contributed by atoms with van der Waals surface area (Å²) in [7, 11) is -3.47. The van der Waals surface area contributed by atoms with E-state index in [1.54, 1.807) is 0 Å². The van der Waals surface area contributed by atoms with Gasteiger partial charge in [-0.05, 0) is 12.1 Å².